The Labute approximate surface area is 185 Å². The van der Waals surface area contributed by atoms with Crippen molar-refractivity contribution >= 4 is 28.7 Å². The summed E-state index contributed by atoms with van der Waals surface area (Å²) in [6.07, 6.45) is 15.2. The second-order valence-corrected chi connectivity index (χ2v) is 8.74. The van der Waals surface area contributed by atoms with Crippen LogP contribution in [0.1, 0.15) is 25.3 Å². The standard InChI is InChI=1S/C23H28N4O3S/c1-23(11-3-5-20(15-23)30-2)12-10-18-16-24-22(25-17-18)27-19-6-8-21(9-7-19)31(29)26-13-4-14-28/h3,5-12,16-17,26,28H,4,13-15H2,1-2H3,(H,24,25,27)/b12-10+. The molecule has 0 spiro atoms. The van der Waals surface area contributed by atoms with E-state index < -0.39 is 11.0 Å². The number of hydrogen-bond acceptors (Lipinski definition) is 6. The van der Waals surface area contributed by atoms with E-state index in [1.165, 1.54) is 0 Å². The lowest BCUT2D eigenvalue weighted by Crippen LogP contribution is -2.19. The monoisotopic (exact) mass is 440 g/mol. The molecule has 0 amide bonds. The lowest BCUT2D eigenvalue weighted by molar-refractivity contribution is 0.254. The number of nitrogens with one attached hydrogen (secondary N) is 2. The SMILES string of the molecule is COC1=CC=CC(C)(/C=C/c2cnc(Nc3ccc(S(=O)NCCCO)cc3)nc2)C1. The topological polar surface area (TPSA) is 96.4 Å². The summed E-state index contributed by atoms with van der Waals surface area (Å²) in [6, 6.07) is 7.22. The molecule has 3 N–H and O–H groups in total. The number of rotatable bonds is 10. The van der Waals surface area contributed by atoms with Crippen LogP contribution in [-0.2, 0) is 15.7 Å². The molecule has 0 saturated carbocycles. The summed E-state index contributed by atoms with van der Waals surface area (Å²) in [4.78, 5) is 9.42. The fourth-order valence-corrected chi connectivity index (χ4v) is 3.90. The smallest absolute Gasteiger partial charge is 0.227 e. The summed E-state index contributed by atoms with van der Waals surface area (Å²) in [5, 5.41) is 11.9. The number of methoxy groups -OCH3 is 1. The number of ether oxygens (including phenoxy) is 1. The molecule has 1 aliphatic rings. The number of benzene rings is 1. The van der Waals surface area contributed by atoms with Gasteiger partial charge in [-0.15, -0.1) is 0 Å². The van der Waals surface area contributed by atoms with Crippen LogP contribution in [0.25, 0.3) is 6.08 Å². The van der Waals surface area contributed by atoms with Gasteiger partial charge in [0.1, 0.15) is 11.0 Å². The fourth-order valence-electron chi connectivity index (χ4n) is 3.02. The van der Waals surface area contributed by atoms with E-state index >= 15 is 0 Å². The number of aliphatic hydroxyl groups excluding tert-OH is 1. The van der Waals surface area contributed by atoms with Gasteiger partial charge in [-0.1, -0.05) is 31.2 Å². The number of anilines is 2. The fraction of sp³-hybridized carbons (Fsp3) is 0.304. The van der Waals surface area contributed by atoms with Crippen molar-refractivity contribution in [1.82, 2.24) is 14.7 Å². The van der Waals surface area contributed by atoms with Crippen molar-refractivity contribution in [3.8, 4) is 0 Å². The van der Waals surface area contributed by atoms with Crippen LogP contribution in [0, 0.1) is 5.41 Å². The number of allylic oxidation sites excluding steroid dienone is 5. The summed E-state index contributed by atoms with van der Waals surface area (Å²) < 4.78 is 20.3. The first kappa shape index (κ1) is 22.9. The second-order valence-electron chi connectivity index (χ2n) is 7.44. The highest BCUT2D eigenvalue weighted by atomic mass is 32.2. The lowest BCUT2D eigenvalue weighted by Gasteiger charge is -2.25. The Morgan fingerprint density at radius 1 is 1.26 bits per heavy atom. The maximum Gasteiger partial charge on any atom is 0.227 e. The van der Waals surface area contributed by atoms with Gasteiger partial charge in [0.05, 0.1) is 17.8 Å². The molecular formula is C23H28N4O3S. The first-order valence-electron chi connectivity index (χ1n) is 10.1. The van der Waals surface area contributed by atoms with Crippen LogP contribution in [0.2, 0.25) is 0 Å². The zero-order valence-corrected chi connectivity index (χ0v) is 18.6. The zero-order chi connectivity index (χ0) is 22.1. The summed E-state index contributed by atoms with van der Waals surface area (Å²) in [5.74, 6) is 1.45. The molecule has 1 aliphatic carbocycles. The molecule has 0 saturated heterocycles. The Hall–Kier alpha value is -2.81. The van der Waals surface area contributed by atoms with Gasteiger partial charge < -0.3 is 15.2 Å². The van der Waals surface area contributed by atoms with Gasteiger partial charge in [-0.25, -0.2) is 18.9 Å². The lowest BCUT2D eigenvalue weighted by atomic mass is 9.82. The van der Waals surface area contributed by atoms with E-state index in [4.69, 9.17) is 9.84 Å². The molecule has 0 fully saturated rings. The minimum Gasteiger partial charge on any atom is -0.501 e. The minimum absolute atomic E-state index is 0.0735. The molecule has 1 aromatic heterocycles. The quantitative estimate of drug-likeness (QED) is 0.487. The predicted octanol–water partition coefficient (Wildman–Crippen LogP) is 3.72. The molecule has 31 heavy (non-hydrogen) atoms. The highest BCUT2D eigenvalue weighted by Crippen LogP contribution is 2.33. The average Bonchev–Trinajstić information content (AvgIpc) is 2.79. The molecule has 8 heteroatoms. The van der Waals surface area contributed by atoms with Gasteiger partial charge in [-0.05, 0) is 36.8 Å². The van der Waals surface area contributed by atoms with E-state index in [1.54, 1.807) is 31.6 Å². The largest absolute Gasteiger partial charge is 0.501 e. The average molecular weight is 441 g/mol. The molecule has 2 atom stereocenters. The third-order valence-corrected chi connectivity index (χ3v) is 5.96. The van der Waals surface area contributed by atoms with Crippen molar-refractivity contribution in [3.63, 3.8) is 0 Å². The van der Waals surface area contributed by atoms with Crippen LogP contribution in [-0.4, -0.2) is 39.5 Å². The molecule has 0 radical (unpaired) electrons. The number of aromatic nitrogens is 2. The highest BCUT2D eigenvalue weighted by molar-refractivity contribution is 7.83. The van der Waals surface area contributed by atoms with Gasteiger partial charge in [0.25, 0.3) is 0 Å². The van der Waals surface area contributed by atoms with E-state index in [1.807, 2.05) is 30.4 Å². The Kier molecular flexibility index (Phi) is 8.11. The van der Waals surface area contributed by atoms with Gasteiger partial charge in [0, 0.05) is 48.6 Å². The second kappa shape index (κ2) is 11.0. The summed E-state index contributed by atoms with van der Waals surface area (Å²) in [6.45, 7) is 2.73. The van der Waals surface area contributed by atoms with E-state index in [0.29, 0.717) is 23.8 Å². The number of hydrogen-bond donors (Lipinski definition) is 3. The molecule has 0 bridgehead atoms. The van der Waals surface area contributed by atoms with Gasteiger partial charge in [0.2, 0.25) is 5.95 Å². The molecule has 1 aromatic carbocycles. The Morgan fingerprint density at radius 2 is 2.00 bits per heavy atom. The molecule has 3 rings (SSSR count). The van der Waals surface area contributed by atoms with Crippen LogP contribution in [0.5, 0.6) is 0 Å². The van der Waals surface area contributed by atoms with E-state index in [0.717, 1.165) is 23.4 Å². The van der Waals surface area contributed by atoms with E-state index in [9.17, 15) is 4.21 Å². The molecular weight excluding hydrogens is 412 g/mol. The van der Waals surface area contributed by atoms with Crippen molar-refractivity contribution in [2.24, 2.45) is 5.41 Å². The third-order valence-electron chi connectivity index (χ3n) is 4.80. The Balaban J connectivity index is 1.56. The van der Waals surface area contributed by atoms with Crippen molar-refractivity contribution in [1.29, 1.82) is 0 Å². The molecule has 2 aromatic rings. The Morgan fingerprint density at radius 3 is 2.68 bits per heavy atom. The molecule has 7 nitrogen and oxygen atoms in total. The van der Waals surface area contributed by atoms with Gasteiger partial charge in [-0.3, -0.25) is 0 Å². The van der Waals surface area contributed by atoms with Crippen LogP contribution in [0.3, 0.4) is 0 Å². The van der Waals surface area contributed by atoms with Crippen molar-refractivity contribution in [2.45, 2.75) is 24.7 Å². The summed E-state index contributed by atoms with van der Waals surface area (Å²) in [7, 11) is 0.394. The maximum atomic E-state index is 12.1. The number of aliphatic hydroxyl groups is 1. The van der Waals surface area contributed by atoms with Crippen LogP contribution in [0.4, 0.5) is 11.6 Å². The molecule has 2 unspecified atom stereocenters. The van der Waals surface area contributed by atoms with Crippen molar-refractivity contribution < 1.29 is 14.1 Å². The summed E-state index contributed by atoms with van der Waals surface area (Å²) in [5.41, 5.74) is 1.61. The van der Waals surface area contributed by atoms with E-state index in [-0.39, 0.29) is 12.0 Å². The van der Waals surface area contributed by atoms with Crippen molar-refractivity contribution in [3.05, 3.63) is 72.3 Å². The zero-order valence-electron chi connectivity index (χ0n) is 17.7. The highest BCUT2D eigenvalue weighted by Gasteiger charge is 2.22. The summed E-state index contributed by atoms with van der Waals surface area (Å²) >= 11 is 0. The number of nitrogens with zero attached hydrogens (tertiary/aromatic N) is 2. The predicted molar refractivity (Wildman–Crippen MR) is 124 cm³/mol. The minimum atomic E-state index is -1.30. The van der Waals surface area contributed by atoms with Gasteiger partial charge in [-0.2, -0.15) is 0 Å². The molecule has 0 aliphatic heterocycles. The first-order chi connectivity index (χ1) is 15.0. The maximum absolute atomic E-state index is 12.1. The van der Waals surface area contributed by atoms with Crippen LogP contribution < -0.4 is 10.0 Å². The molecule has 164 valence electrons. The van der Waals surface area contributed by atoms with Crippen molar-refractivity contribution in [2.75, 3.05) is 25.6 Å². The van der Waals surface area contributed by atoms with Crippen LogP contribution in [0.15, 0.2) is 71.6 Å². The normalized spacial score (nSPS) is 19.3. The van der Waals surface area contributed by atoms with Gasteiger partial charge >= 0.3 is 0 Å². The van der Waals surface area contributed by atoms with Gasteiger partial charge in [0.15, 0.2) is 0 Å². The molecule has 1 heterocycles. The van der Waals surface area contributed by atoms with Crippen LogP contribution >= 0.6 is 0 Å². The Bertz CT molecular complexity index is 971. The van der Waals surface area contributed by atoms with E-state index in [2.05, 4.69) is 39.1 Å². The first-order valence-corrected chi connectivity index (χ1v) is 11.2. The third kappa shape index (κ3) is 6.85.